The van der Waals surface area contributed by atoms with Crippen LogP contribution in [-0.2, 0) is 31.0 Å². The van der Waals surface area contributed by atoms with Crippen LogP contribution in [0.25, 0.3) is 10.8 Å². The van der Waals surface area contributed by atoms with Crippen LogP contribution in [0.4, 0.5) is 0 Å². The van der Waals surface area contributed by atoms with Gasteiger partial charge in [0, 0.05) is 32.7 Å². The van der Waals surface area contributed by atoms with Crippen molar-refractivity contribution in [2.24, 2.45) is 5.73 Å². The maximum atomic E-state index is 14.0. The highest BCUT2D eigenvalue weighted by Crippen LogP contribution is 2.22. The molecule has 13 nitrogen and oxygen atoms in total. The quantitative estimate of drug-likeness (QED) is 0.170. The van der Waals surface area contributed by atoms with Crippen LogP contribution >= 0.6 is 0 Å². The number of ether oxygens (including phenoxy) is 1. The van der Waals surface area contributed by atoms with Gasteiger partial charge in [-0.3, -0.25) is 19.8 Å². The number of amides is 2. The van der Waals surface area contributed by atoms with Crippen LogP contribution < -0.4 is 15.2 Å². The lowest BCUT2D eigenvalue weighted by Gasteiger charge is -2.38. The Balaban J connectivity index is 1.65. The van der Waals surface area contributed by atoms with Gasteiger partial charge < -0.3 is 30.3 Å². The Morgan fingerprint density at radius 1 is 1.11 bits per heavy atom. The van der Waals surface area contributed by atoms with E-state index in [9.17, 15) is 27.9 Å². The normalized spacial score (nSPS) is 15.7. The number of carbonyl (C=O) groups excluding carboxylic acids is 2. The number of nitrogens with two attached hydrogens (primary N) is 1. The van der Waals surface area contributed by atoms with Crippen molar-refractivity contribution in [1.29, 1.82) is 5.41 Å². The number of rotatable bonds is 12. The van der Waals surface area contributed by atoms with Gasteiger partial charge >= 0.3 is 5.97 Å². The SMILES string of the molecule is COc1cccc(CN(CC(=O)O)C(=O)[C@H](CC(=O)N(C)[C@H]2CCCN(C(=N)N)C2)NS(=O)(=O)c2ccc3ccccc3c2)c1. The number of nitrogens with zero attached hydrogens (tertiary/aromatic N) is 3. The number of sulfonamides is 1. The molecule has 1 aliphatic rings. The van der Waals surface area contributed by atoms with Crippen molar-refractivity contribution >= 4 is 44.5 Å². The number of likely N-dealkylation sites (tertiary alicyclic amines) is 1. The molecular formula is C31H38N6O7S. The van der Waals surface area contributed by atoms with E-state index in [2.05, 4.69) is 4.72 Å². The third-order valence-electron chi connectivity index (χ3n) is 7.83. The van der Waals surface area contributed by atoms with Crippen molar-refractivity contribution in [3.63, 3.8) is 0 Å². The van der Waals surface area contributed by atoms with E-state index in [4.69, 9.17) is 15.9 Å². The number of piperidine rings is 1. The topological polar surface area (TPSA) is 186 Å². The molecule has 14 heteroatoms. The minimum absolute atomic E-state index is 0.109. The molecule has 0 bridgehead atoms. The van der Waals surface area contributed by atoms with Gasteiger partial charge in [0.1, 0.15) is 18.3 Å². The Morgan fingerprint density at radius 3 is 2.53 bits per heavy atom. The first-order valence-corrected chi connectivity index (χ1v) is 15.9. The van der Waals surface area contributed by atoms with Crippen molar-refractivity contribution in [3.8, 4) is 5.75 Å². The van der Waals surface area contributed by atoms with Gasteiger partial charge in [0.15, 0.2) is 5.96 Å². The summed E-state index contributed by atoms with van der Waals surface area (Å²) in [6.45, 7) is -0.00380. The zero-order valence-electron chi connectivity index (χ0n) is 25.2. The fraction of sp³-hybridized carbons (Fsp3) is 0.355. The molecule has 1 saturated heterocycles. The zero-order valence-corrected chi connectivity index (χ0v) is 26.0. The Bertz CT molecular complexity index is 1680. The molecule has 2 atom stereocenters. The number of fused-ring (bicyclic) bond motifs is 1. The second kappa shape index (κ2) is 14.4. The molecule has 1 heterocycles. The summed E-state index contributed by atoms with van der Waals surface area (Å²) in [4.78, 5) is 43.4. The van der Waals surface area contributed by atoms with Gasteiger partial charge in [-0.25, -0.2) is 8.42 Å². The molecular weight excluding hydrogens is 600 g/mol. The molecule has 2 amide bonds. The number of hydrogen-bond donors (Lipinski definition) is 4. The molecule has 0 aliphatic carbocycles. The number of carbonyl (C=O) groups is 3. The predicted octanol–water partition coefficient (Wildman–Crippen LogP) is 1.82. The Morgan fingerprint density at radius 2 is 1.84 bits per heavy atom. The van der Waals surface area contributed by atoms with Gasteiger partial charge in [-0.2, -0.15) is 4.72 Å². The van der Waals surface area contributed by atoms with Gasteiger partial charge in [-0.05, 0) is 53.4 Å². The summed E-state index contributed by atoms with van der Waals surface area (Å²) in [6, 6.07) is 16.5. The first-order chi connectivity index (χ1) is 21.4. The number of likely N-dealkylation sites (N-methyl/N-ethyl adjacent to an activating group) is 1. The summed E-state index contributed by atoms with van der Waals surface area (Å²) < 4.78 is 35.0. The number of nitrogens with one attached hydrogen (secondary N) is 2. The van der Waals surface area contributed by atoms with E-state index >= 15 is 0 Å². The molecule has 240 valence electrons. The van der Waals surface area contributed by atoms with Crippen molar-refractivity contribution in [2.75, 3.05) is 33.8 Å². The van der Waals surface area contributed by atoms with Crippen molar-refractivity contribution in [1.82, 2.24) is 19.4 Å². The van der Waals surface area contributed by atoms with E-state index in [0.717, 1.165) is 10.3 Å². The molecule has 0 saturated carbocycles. The molecule has 4 rings (SSSR count). The number of benzene rings is 3. The van der Waals surface area contributed by atoms with Gasteiger partial charge in [0.25, 0.3) is 0 Å². The molecule has 3 aromatic carbocycles. The van der Waals surface area contributed by atoms with Crippen LogP contribution in [-0.4, -0.2) is 97.8 Å². The van der Waals surface area contributed by atoms with Gasteiger partial charge in [0.2, 0.25) is 21.8 Å². The number of hydrogen-bond acceptors (Lipinski definition) is 7. The lowest BCUT2D eigenvalue weighted by Crippen LogP contribution is -2.54. The number of methoxy groups -OCH3 is 1. The zero-order chi connectivity index (χ0) is 32.7. The highest BCUT2D eigenvalue weighted by molar-refractivity contribution is 7.89. The highest BCUT2D eigenvalue weighted by Gasteiger charge is 2.35. The third-order valence-corrected chi connectivity index (χ3v) is 9.30. The Hall–Kier alpha value is -4.69. The smallest absolute Gasteiger partial charge is 0.323 e. The van der Waals surface area contributed by atoms with Crippen LogP contribution in [0.15, 0.2) is 71.6 Å². The molecule has 0 unspecified atom stereocenters. The predicted molar refractivity (Wildman–Crippen MR) is 168 cm³/mol. The van der Waals surface area contributed by atoms with Crippen molar-refractivity contribution in [2.45, 2.75) is 42.8 Å². The molecule has 0 radical (unpaired) electrons. The largest absolute Gasteiger partial charge is 0.497 e. The third kappa shape index (κ3) is 8.48. The second-order valence-corrected chi connectivity index (χ2v) is 12.7. The Labute approximate surface area is 262 Å². The van der Waals surface area contributed by atoms with Gasteiger partial charge in [0.05, 0.1) is 18.4 Å². The summed E-state index contributed by atoms with van der Waals surface area (Å²) in [5.74, 6) is -2.33. The van der Waals surface area contributed by atoms with Crippen LogP contribution in [0.2, 0.25) is 0 Å². The molecule has 45 heavy (non-hydrogen) atoms. The molecule has 3 aromatic rings. The molecule has 0 aromatic heterocycles. The number of aliphatic carboxylic acids is 1. The fourth-order valence-corrected chi connectivity index (χ4v) is 6.59. The minimum Gasteiger partial charge on any atom is -0.497 e. The van der Waals surface area contributed by atoms with Gasteiger partial charge in [-0.15, -0.1) is 0 Å². The van der Waals surface area contributed by atoms with Crippen LogP contribution in [0, 0.1) is 5.41 Å². The average molecular weight is 639 g/mol. The average Bonchev–Trinajstić information content (AvgIpc) is 3.02. The highest BCUT2D eigenvalue weighted by atomic mass is 32.2. The molecule has 1 aliphatic heterocycles. The first kappa shape index (κ1) is 33.2. The van der Waals surface area contributed by atoms with Gasteiger partial charge in [-0.1, -0.05) is 42.5 Å². The maximum absolute atomic E-state index is 14.0. The number of guanidine groups is 1. The summed E-state index contributed by atoms with van der Waals surface area (Å²) in [6.07, 6.45) is 0.757. The van der Waals surface area contributed by atoms with E-state index in [-0.39, 0.29) is 23.4 Å². The lowest BCUT2D eigenvalue weighted by molar-refractivity contribution is -0.146. The summed E-state index contributed by atoms with van der Waals surface area (Å²) in [5, 5.41) is 18.9. The van der Waals surface area contributed by atoms with E-state index in [0.29, 0.717) is 42.6 Å². The minimum atomic E-state index is -4.35. The maximum Gasteiger partial charge on any atom is 0.323 e. The van der Waals surface area contributed by atoms with Crippen LogP contribution in [0.5, 0.6) is 5.75 Å². The van der Waals surface area contributed by atoms with E-state index in [1.807, 2.05) is 12.1 Å². The second-order valence-electron chi connectivity index (χ2n) is 11.0. The first-order valence-electron chi connectivity index (χ1n) is 14.4. The standard InChI is InChI=1S/C31H38N6O7S/c1-35(24-10-6-14-36(19-24)31(32)33)28(38)17-27(34-45(42,43)26-13-12-22-8-3-4-9-23(22)16-26)30(41)37(20-29(39)40)18-21-7-5-11-25(15-21)44-2/h3-5,7-9,11-13,15-16,24,27,34H,6,10,14,17-20H2,1-2H3,(H3,32,33)(H,39,40)/t24-,27-/m0/s1. The molecule has 0 spiro atoms. The van der Waals surface area contributed by atoms with E-state index in [1.165, 1.54) is 24.1 Å². The van der Waals surface area contributed by atoms with E-state index < -0.39 is 46.8 Å². The lowest BCUT2D eigenvalue weighted by atomic mass is 10.0. The number of carboxylic acid groups (broad SMARTS) is 1. The number of carboxylic acids is 1. The fourth-order valence-electron chi connectivity index (χ4n) is 5.37. The van der Waals surface area contributed by atoms with Crippen LogP contribution in [0.3, 0.4) is 0 Å². The molecule has 1 fully saturated rings. The monoisotopic (exact) mass is 638 g/mol. The van der Waals surface area contributed by atoms with Crippen molar-refractivity contribution < 1.29 is 32.6 Å². The Kier molecular flexibility index (Phi) is 10.6. The molecule has 5 N–H and O–H groups in total. The summed E-state index contributed by atoms with van der Waals surface area (Å²) >= 11 is 0. The van der Waals surface area contributed by atoms with E-state index in [1.54, 1.807) is 54.4 Å². The van der Waals surface area contributed by atoms with Crippen molar-refractivity contribution in [3.05, 3.63) is 72.3 Å². The summed E-state index contributed by atoms with van der Waals surface area (Å²) in [7, 11) is -1.32. The summed E-state index contributed by atoms with van der Waals surface area (Å²) in [5.41, 5.74) is 6.21. The van der Waals surface area contributed by atoms with Crippen LogP contribution in [0.1, 0.15) is 24.8 Å².